The van der Waals surface area contributed by atoms with Crippen molar-refractivity contribution in [3.8, 4) is 0 Å². The van der Waals surface area contributed by atoms with Crippen molar-refractivity contribution in [2.45, 2.75) is 75.8 Å². The molecule has 2 aromatic rings. The van der Waals surface area contributed by atoms with E-state index in [-0.39, 0.29) is 23.2 Å². The van der Waals surface area contributed by atoms with Gasteiger partial charge in [-0.1, -0.05) is 31.9 Å². The Morgan fingerprint density at radius 2 is 1.73 bits per heavy atom. The van der Waals surface area contributed by atoms with Gasteiger partial charge in [-0.15, -0.1) is 0 Å². The van der Waals surface area contributed by atoms with E-state index in [1.54, 1.807) is 20.3 Å². The molecule has 1 aromatic carbocycles. The normalized spacial score (nSPS) is 21.7. The van der Waals surface area contributed by atoms with Crippen molar-refractivity contribution in [3.05, 3.63) is 41.7 Å². The van der Waals surface area contributed by atoms with Crippen molar-refractivity contribution in [2.24, 2.45) is 5.73 Å². The molecule has 0 radical (unpaired) electrons. The van der Waals surface area contributed by atoms with Gasteiger partial charge in [-0.3, -0.25) is 4.79 Å². The second-order valence-electron chi connectivity index (χ2n) is 12.2. The van der Waals surface area contributed by atoms with Crippen LogP contribution in [0.5, 0.6) is 0 Å². The molecule has 0 spiro atoms. The average Bonchev–Trinajstić information content (AvgIpc) is 3.49. The molecule has 3 amide bonds. The summed E-state index contributed by atoms with van der Waals surface area (Å²) >= 11 is 0. The lowest BCUT2D eigenvalue weighted by Gasteiger charge is -2.42. The number of likely N-dealkylation sites (tertiary alicyclic amines) is 1. The molecule has 5 rings (SSSR count). The predicted molar refractivity (Wildman–Crippen MR) is 158 cm³/mol. The molecule has 216 valence electrons. The Bertz CT molecular complexity index is 1190. The van der Waals surface area contributed by atoms with Crippen LogP contribution in [0.4, 0.5) is 22.1 Å². The molecule has 2 aliphatic heterocycles. The molecule has 4 N–H and O–H groups in total. The summed E-state index contributed by atoms with van der Waals surface area (Å²) in [7, 11) is 3.46. The summed E-state index contributed by atoms with van der Waals surface area (Å²) in [4.78, 5) is 39.8. The Morgan fingerprint density at radius 1 is 1.02 bits per heavy atom. The summed E-state index contributed by atoms with van der Waals surface area (Å²) in [6.07, 6.45) is 11.2. The Balaban J connectivity index is 1.27. The van der Waals surface area contributed by atoms with Crippen molar-refractivity contribution >= 4 is 29.3 Å². The number of urea groups is 1. The van der Waals surface area contributed by atoms with Gasteiger partial charge < -0.3 is 31.1 Å². The largest absolute Gasteiger partial charge is 0.364 e. The number of anilines is 3. The lowest BCUT2D eigenvalue weighted by atomic mass is 9.74. The molecule has 1 atom stereocenters. The van der Waals surface area contributed by atoms with Crippen molar-refractivity contribution in [3.63, 3.8) is 0 Å². The van der Waals surface area contributed by atoms with Crippen molar-refractivity contribution < 1.29 is 9.59 Å². The summed E-state index contributed by atoms with van der Waals surface area (Å²) in [5.74, 6) is 0.359. The number of hydrogen-bond donors (Lipinski definition) is 3. The van der Waals surface area contributed by atoms with E-state index in [9.17, 15) is 9.59 Å². The highest BCUT2D eigenvalue weighted by molar-refractivity contribution is 5.96. The van der Waals surface area contributed by atoms with Crippen molar-refractivity contribution in [1.29, 1.82) is 0 Å². The number of amides is 3. The van der Waals surface area contributed by atoms with Crippen LogP contribution < -0.4 is 21.3 Å². The zero-order chi connectivity index (χ0) is 28.3. The van der Waals surface area contributed by atoms with Gasteiger partial charge >= 0.3 is 6.03 Å². The van der Waals surface area contributed by atoms with Crippen molar-refractivity contribution in [2.75, 3.05) is 50.5 Å². The number of carbonyl (C=O) groups is 2. The van der Waals surface area contributed by atoms with Gasteiger partial charge in [0.25, 0.3) is 5.91 Å². The molecule has 3 heterocycles. The number of hydrogen-bond acceptors (Lipinski definition) is 7. The molecular formula is C30H44N8O2. The molecule has 0 bridgehead atoms. The number of piperidine rings is 2. The predicted octanol–water partition coefficient (Wildman–Crippen LogP) is 3.86. The Hall–Kier alpha value is -3.40. The topological polar surface area (TPSA) is 120 Å². The maximum Gasteiger partial charge on any atom is 0.317 e. The molecule has 2 saturated heterocycles. The maximum atomic E-state index is 12.2. The van der Waals surface area contributed by atoms with E-state index in [0.29, 0.717) is 18.2 Å². The molecule has 40 heavy (non-hydrogen) atoms. The first-order valence-corrected chi connectivity index (χ1v) is 14.7. The third-order valence-corrected chi connectivity index (χ3v) is 9.06. The third-order valence-electron chi connectivity index (χ3n) is 9.06. The molecule has 3 fully saturated rings. The van der Waals surface area contributed by atoms with Crippen LogP contribution in [0, 0.1) is 0 Å². The standard InChI is InChI=1S/C30H44N8O2/c1-30(14-17-37(18-15-30)24-8-4-5-9-24)21-10-12-22(13-11-21)33-28-26(27(31)39)32-19-25(35-28)38-16-6-7-23(20-38)34-29(40)36(2)3/h10-13,19,23-24H,4-9,14-18,20H2,1-3H3,(H2,31,39)(H,33,35)(H,34,40). The molecule has 1 aromatic heterocycles. The van der Waals surface area contributed by atoms with Gasteiger partial charge in [-0.05, 0) is 74.7 Å². The highest BCUT2D eigenvalue weighted by atomic mass is 16.2. The van der Waals surface area contributed by atoms with Gasteiger partial charge in [-0.25, -0.2) is 14.8 Å². The number of nitrogens with two attached hydrogens (primary N) is 1. The van der Waals surface area contributed by atoms with E-state index in [0.717, 1.165) is 31.1 Å². The minimum absolute atomic E-state index is 0.0108. The minimum Gasteiger partial charge on any atom is -0.364 e. The summed E-state index contributed by atoms with van der Waals surface area (Å²) < 4.78 is 0. The molecule has 1 saturated carbocycles. The maximum absolute atomic E-state index is 12.2. The fourth-order valence-corrected chi connectivity index (χ4v) is 6.44. The lowest BCUT2D eigenvalue weighted by molar-refractivity contribution is 0.0996. The molecule has 1 unspecified atom stereocenters. The van der Waals surface area contributed by atoms with Crippen LogP contribution in [0.2, 0.25) is 0 Å². The van der Waals surface area contributed by atoms with E-state index in [1.165, 1.54) is 62.1 Å². The first-order valence-electron chi connectivity index (χ1n) is 14.7. The zero-order valence-corrected chi connectivity index (χ0v) is 24.2. The van der Waals surface area contributed by atoms with Gasteiger partial charge in [0.1, 0.15) is 5.82 Å². The Morgan fingerprint density at radius 3 is 2.38 bits per heavy atom. The van der Waals surface area contributed by atoms with Crippen LogP contribution in [0.3, 0.4) is 0 Å². The molecule has 1 aliphatic carbocycles. The highest BCUT2D eigenvalue weighted by Gasteiger charge is 2.34. The molecule has 10 nitrogen and oxygen atoms in total. The van der Waals surface area contributed by atoms with Crippen LogP contribution >= 0.6 is 0 Å². The second-order valence-corrected chi connectivity index (χ2v) is 12.2. The Labute approximate surface area is 237 Å². The minimum atomic E-state index is -0.630. The van der Waals surface area contributed by atoms with Crippen LogP contribution in [0.1, 0.15) is 74.3 Å². The van der Waals surface area contributed by atoms with E-state index in [4.69, 9.17) is 10.7 Å². The monoisotopic (exact) mass is 548 g/mol. The summed E-state index contributed by atoms with van der Waals surface area (Å²) in [5, 5.41) is 6.35. The fraction of sp³-hybridized carbons (Fsp3) is 0.600. The second kappa shape index (κ2) is 12.0. The number of primary amides is 1. The molecular weight excluding hydrogens is 504 g/mol. The number of nitrogens with one attached hydrogen (secondary N) is 2. The number of rotatable bonds is 7. The molecule has 10 heteroatoms. The first kappa shape index (κ1) is 28.1. The van der Waals surface area contributed by atoms with Gasteiger partial charge in [0.05, 0.1) is 6.20 Å². The van der Waals surface area contributed by atoms with Crippen LogP contribution in [-0.4, -0.2) is 84.1 Å². The van der Waals surface area contributed by atoms with Gasteiger partial charge in [-0.2, -0.15) is 0 Å². The van der Waals surface area contributed by atoms with Crippen LogP contribution in [0.25, 0.3) is 0 Å². The summed E-state index contributed by atoms with van der Waals surface area (Å²) in [6, 6.07) is 9.18. The third kappa shape index (κ3) is 6.32. The van der Waals surface area contributed by atoms with E-state index in [2.05, 4.69) is 56.6 Å². The van der Waals surface area contributed by atoms with Gasteiger partial charge in [0.2, 0.25) is 0 Å². The highest BCUT2D eigenvalue weighted by Crippen LogP contribution is 2.38. The quantitative estimate of drug-likeness (QED) is 0.481. The number of aromatic nitrogens is 2. The first-order chi connectivity index (χ1) is 19.2. The summed E-state index contributed by atoms with van der Waals surface area (Å²) in [6.45, 7) is 6.14. The summed E-state index contributed by atoms with van der Waals surface area (Å²) in [5.41, 5.74) is 8.09. The van der Waals surface area contributed by atoms with Crippen molar-refractivity contribution in [1.82, 2.24) is 25.1 Å². The lowest BCUT2D eigenvalue weighted by Crippen LogP contribution is -2.50. The Kier molecular flexibility index (Phi) is 8.44. The average molecular weight is 549 g/mol. The number of carbonyl (C=O) groups excluding carboxylic acids is 2. The van der Waals surface area contributed by atoms with E-state index >= 15 is 0 Å². The van der Waals surface area contributed by atoms with Crippen LogP contribution in [0.15, 0.2) is 30.5 Å². The van der Waals surface area contributed by atoms with E-state index in [1.807, 2.05) is 0 Å². The molecule has 3 aliphatic rings. The zero-order valence-electron chi connectivity index (χ0n) is 24.2. The van der Waals surface area contributed by atoms with Gasteiger partial charge in [0, 0.05) is 45.0 Å². The number of nitrogens with zero attached hydrogens (tertiary/aromatic N) is 5. The van der Waals surface area contributed by atoms with Crippen LogP contribution in [-0.2, 0) is 5.41 Å². The SMILES string of the molecule is CN(C)C(=O)NC1CCCN(c2cnc(C(N)=O)c(Nc3ccc(C4(C)CCN(C5CCCC5)CC4)cc3)n2)C1. The fourth-order valence-electron chi connectivity index (χ4n) is 6.44. The number of benzene rings is 1. The van der Waals surface area contributed by atoms with Gasteiger partial charge in [0.15, 0.2) is 11.5 Å². The smallest absolute Gasteiger partial charge is 0.317 e. The van der Waals surface area contributed by atoms with E-state index < -0.39 is 5.91 Å².